The molecule has 0 saturated carbocycles. The van der Waals surface area contributed by atoms with Crippen LogP contribution in [0.2, 0.25) is 10.0 Å². The van der Waals surface area contributed by atoms with E-state index in [0.29, 0.717) is 21.3 Å². The molecule has 3 rings (SSSR count). The van der Waals surface area contributed by atoms with Crippen molar-refractivity contribution in [2.75, 3.05) is 5.32 Å². The normalized spacial score (nSPS) is 12.3. The van der Waals surface area contributed by atoms with Crippen LogP contribution in [0.5, 0.6) is 0 Å². The number of hydrogen-bond acceptors (Lipinski definition) is 3. The maximum absolute atomic E-state index is 12.8. The van der Waals surface area contributed by atoms with Crippen LogP contribution in [-0.4, -0.2) is 14.3 Å². The number of halogens is 2. The number of rotatable bonds is 7. The highest BCUT2D eigenvalue weighted by molar-refractivity contribution is 7.89. The Balaban J connectivity index is 1.80. The van der Waals surface area contributed by atoms with Crippen molar-refractivity contribution < 1.29 is 13.2 Å². The van der Waals surface area contributed by atoms with Gasteiger partial charge in [0.1, 0.15) is 0 Å². The standard InChI is InChI=1S/C21H18Cl2N2O3S/c22-16-6-10-18(11-7-16)24-21(26)14-20(15-4-2-1-3-5-15)25-29(27,28)19-12-8-17(23)9-13-19/h1-13,20,25H,14H2,(H,24,26). The second-order valence-corrected chi connectivity index (χ2v) is 8.88. The van der Waals surface area contributed by atoms with Crippen molar-refractivity contribution in [1.82, 2.24) is 4.72 Å². The van der Waals surface area contributed by atoms with E-state index in [1.54, 1.807) is 48.5 Å². The lowest BCUT2D eigenvalue weighted by molar-refractivity contribution is -0.116. The van der Waals surface area contributed by atoms with E-state index in [2.05, 4.69) is 10.0 Å². The van der Waals surface area contributed by atoms with E-state index >= 15 is 0 Å². The Kier molecular flexibility index (Phi) is 6.92. The van der Waals surface area contributed by atoms with Crippen molar-refractivity contribution in [1.29, 1.82) is 0 Å². The summed E-state index contributed by atoms with van der Waals surface area (Å²) in [6, 6.07) is 20.7. The van der Waals surface area contributed by atoms with E-state index in [-0.39, 0.29) is 17.2 Å². The van der Waals surface area contributed by atoms with Gasteiger partial charge < -0.3 is 5.32 Å². The van der Waals surface area contributed by atoms with Crippen LogP contribution in [0, 0.1) is 0 Å². The number of sulfonamides is 1. The number of benzene rings is 3. The Labute approximate surface area is 179 Å². The average molecular weight is 449 g/mol. The fourth-order valence-corrected chi connectivity index (χ4v) is 4.19. The Morgan fingerprint density at radius 2 is 1.38 bits per heavy atom. The summed E-state index contributed by atoms with van der Waals surface area (Å²) in [4.78, 5) is 12.6. The lowest BCUT2D eigenvalue weighted by atomic mass is 10.0. The molecule has 8 heteroatoms. The maximum atomic E-state index is 12.8. The van der Waals surface area contributed by atoms with E-state index in [1.165, 1.54) is 24.3 Å². The summed E-state index contributed by atoms with van der Waals surface area (Å²) in [6.07, 6.45) is -0.0839. The van der Waals surface area contributed by atoms with Crippen molar-refractivity contribution in [3.8, 4) is 0 Å². The minimum Gasteiger partial charge on any atom is -0.326 e. The van der Waals surface area contributed by atoms with Crippen LogP contribution in [0.4, 0.5) is 5.69 Å². The third-order valence-electron chi connectivity index (χ3n) is 4.14. The summed E-state index contributed by atoms with van der Waals surface area (Å²) < 4.78 is 28.2. The first-order valence-electron chi connectivity index (χ1n) is 8.72. The first kappa shape index (κ1) is 21.3. The van der Waals surface area contributed by atoms with E-state index in [1.807, 2.05) is 6.07 Å². The maximum Gasteiger partial charge on any atom is 0.241 e. The topological polar surface area (TPSA) is 75.3 Å². The molecule has 29 heavy (non-hydrogen) atoms. The van der Waals surface area contributed by atoms with Gasteiger partial charge in [-0.05, 0) is 54.1 Å². The molecule has 5 nitrogen and oxygen atoms in total. The molecular weight excluding hydrogens is 431 g/mol. The fraction of sp³-hybridized carbons (Fsp3) is 0.0952. The number of carbonyl (C=O) groups is 1. The Morgan fingerprint density at radius 1 is 0.828 bits per heavy atom. The average Bonchev–Trinajstić information content (AvgIpc) is 2.70. The minimum atomic E-state index is -3.85. The smallest absolute Gasteiger partial charge is 0.241 e. The van der Waals surface area contributed by atoms with Gasteiger partial charge in [0.25, 0.3) is 0 Å². The second-order valence-electron chi connectivity index (χ2n) is 6.30. The van der Waals surface area contributed by atoms with Crippen LogP contribution in [0.25, 0.3) is 0 Å². The molecular formula is C21H18Cl2N2O3S. The van der Waals surface area contributed by atoms with Crippen LogP contribution in [0.1, 0.15) is 18.0 Å². The first-order chi connectivity index (χ1) is 13.8. The van der Waals surface area contributed by atoms with Gasteiger partial charge in [0.15, 0.2) is 0 Å². The van der Waals surface area contributed by atoms with Crippen molar-refractivity contribution in [3.05, 3.63) is 94.5 Å². The zero-order chi connectivity index (χ0) is 20.9. The summed E-state index contributed by atoms with van der Waals surface area (Å²) in [5, 5.41) is 3.74. The predicted molar refractivity (Wildman–Crippen MR) is 116 cm³/mol. The van der Waals surface area contributed by atoms with Crippen LogP contribution < -0.4 is 10.0 Å². The van der Waals surface area contributed by atoms with Crippen molar-refractivity contribution in [2.45, 2.75) is 17.4 Å². The molecule has 3 aromatic carbocycles. The largest absolute Gasteiger partial charge is 0.326 e. The molecule has 0 bridgehead atoms. The number of hydrogen-bond donors (Lipinski definition) is 2. The third kappa shape index (κ3) is 6.05. The van der Waals surface area contributed by atoms with E-state index in [0.717, 1.165) is 0 Å². The third-order valence-corrected chi connectivity index (χ3v) is 6.13. The van der Waals surface area contributed by atoms with Gasteiger partial charge >= 0.3 is 0 Å². The quantitative estimate of drug-likeness (QED) is 0.531. The van der Waals surface area contributed by atoms with Gasteiger partial charge in [-0.15, -0.1) is 0 Å². The molecule has 1 amide bonds. The lowest BCUT2D eigenvalue weighted by Gasteiger charge is -2.19. The molecule has 0 saturated heterocycles. The van der Waals surface area contributed by atoms with Gasteiger partial charge in [-0.3, -0.25) is 4.79 Å². The molecule has 3 aromatic rings. The van der Waals surface area contributed by atoms with Gasteiger partial charge in [-0.25, -0.2) is 13.1 Å². The number of amides is 1. The van der Waals surface area contributed by atoms with Crippen molar-refractivity contribution >= 4 is 44.8 Å². The second kappa shape index (κ2) is 9.41. The van der Waals surface area contributed by atoms with E-state index in [9.17, 15) is 13.2 Å². The molecule has 0 aromatic heterocycles. The molecule has 0 aliphatic heterocycles. The first-order valence-corrected chi connectivity index (χ1v) is 11.0. The highest BCUT2D eigenvalue weighted by atomic mass is 35.5. The highest BCUT2D eigenvalue weighted by Gasteiger charge is 2.23. The molecule has 0 heterocycles. The van der Waals surface area contributed by atoms with Gasteiger partial charge in [0.2, 0.25) is 15.9 Å². The number of carbonyl (C=O) groups excluding carboxylic acids is 1. The zero-order valence-electron chi connectivity index (χ0n) is 15.2. The van der Waals surface area contributed by atoms with Gasteiger partial charge in [0.05, 0.1) is 10.9 Å². The van der Waals surface area contributed by atoms with Crippen LogP contribution in [0.15, 0.2) is 83.8 Å². The zero-order valence-corrected chi connectivity index (χ0v) is 17.5. The van der Waals surface area contributed by atoms with Crippen LogP contribution in [0.3, 0.4) is 0 Å². The molecule has 0 spiro atoms. The van der Waals surface area contributed by atoms with E-state index < -0.39 is 16.1 Å². The molecule has 0 radical (unpaired) electrons. The van der Waals surface area contributed by atoms with Gasteiger partial charge in [0, 0.05) is 22.2 Å². The lowest BCUT2D eigenvalue weighted by Crippen LogP contribution is -2.31. The summed E-state index contributed by atoms with van der Waals surface area (Å²) >= 11 is 11.7. The Morgan fingerprint density at radius 3 is 1.97 bits per heavy atom. The van der Waals surface area contributed by atoms with Gasteiger partial charge in [-0.1, -0.05) is 53.5 Å². The molecule has 150 valence electrons. The Bertz CT molecular complexity index is 1070. The summed E-state index contributed by atoms with van der Waals surface area (Å²) in [6.45, 7) is 0. The monoisotopic (exact) mass is 448 g/mol. The van der Waals surface area contributed by atoms with Crippen LogP contribution >= 0.6 is 23.2 Å². The molecule has 1 atom stereocenters. The Hall–Kier alpha value is -2.38. The summed E-state index contributed by atoms with van der Waals surface area (Å²) in [7, 11) is -3.85. The van der Waals surface area contributed by atoms with Gasteiger partial charge in [-0.2, -0.15) is 0 Å². The highest BCUT2D eigenvalue weighted by Crippen LogP contribution is 2.22. The summed E-state index contributed by atoms with van der Waals surface area (Å²) in [5.41, 5.74) is 1.25. The summed E-state index contributed by atoms with van der Waals surface area (Å²) in [5.74, 6) is -0.333. The van der Waals surface area contributed by atoms with Crippen LogP contribution in [-0.2, 0) is 14.8 Å². The molecule has 2 N–H and O–H groups in total. The molecule has 1 unspecified atom stereocenters. The molecule has 0 aliphatic carbocycles. The minimum absolute atomic E-state index is 0.0703. The number of nitrogens with one attached hydrogen (secondary N) is 2. The van der Waals surface area contributed by atoms with E-state index in [4.69, 9.17) is 23.2 Å². The fourth-order valence-electron chi connectivity index (χ4n) is 2.71. The molecule has 0 fully saturated rings. The van der Waals surface area contributed by atoms with Crippen molar-refractivity contribution in [2.24, 2.45) is 0 Å². The molecule has 0 aliphatic rings. The van der Waals surface area contributed by atoms with Crippen molar-refractivity contribution in [3.63, 3.8) is 0 Å². The predicted octanol–water partition coefficient (Wildman–Crippen LogP) is 5.04. The SMILES string of the molecule is O=C(CC(NS(=O)(=O)c1ccc(Cl)cc1)c1ccccc1)Nc1ccc(Cl)cc1. The number of anilines is 1.